The molecule has 2 fully saturated rings. The molecule has 20 heavy (non-hydrogen) atoms. The molecule has 0 unspecified atom stereocenters. The van der Waals surface area contributed by atoms with Gasteiger partial charge in [0.15, 0.2) is 0 Å². The summed E-state index contributed by atoms with van der Waals surface area (Å²) in [6.07, 6.45) is 0.909. The van der Waals surface area contributed by atoms with Crippen LogP contribution in [-0.2, 0) is 14.8 Å². The van der Waals surface area contributed by atoms with Crippen molar-refractivity contribution < 1.29 is 18.3 Å². The summed E-state index contributed by atoms with van der Waals surface area (Å²) in [4.78, 5) is 11.1. The molecule has 7 heteroatoms. The molecule has 0 aliphatic heterocycles. The average Bonchev–Trinajstić information content (AvgIpc) is 2.93. The molecule has 0 amide bonds. The van der Waals surface area contributed by atoms with Crippen molar-refractivity contribution in [1.82, 2.24) is 4.72 Å². The molecule has 3 rings (SSSR count). The quantitative estimate of drug-likeness (QED) is 0.887. The van der Waals surface area contributed by atoms with Crippen LogP contribution in [-0.4, -0.2) is 25.5 Å². The molecule has 0 heterocycles. The molecule has 0 spiro atoms. The molecule has 2 aliphatic rings. The van der Waals surface area contributed by atoms with Gasteiger partial charge in [0.25, 0.3) is 0 Å². The average molecular weight is 316 g/mol. The lowest BCUT2D eigenvalue weighted by Gasteiger charge is -2.32. The van der Waals surface area contributed by atoms with Gasteiger partial charge in [0.05, 0.1) is 10.4 Å². The summed E-state index contributed by atoms with van der Waals surface area (Å²) in [5.41, 5.74) is -0.104. The lowest BCUT2D eigenvalue weighted by Crippen LogP contribution is -2.48. The van der Waals surface area contributed by atoms with E-state index in [1.54, 1.807) is 19.1 Å². The van der Waals surface area contributed by atoms with Crippen LogP contribution in [0.3, 0.4) is 0 Å². The van der Waals surface area contributed by atoms with E-state index in [-0.39, 0.29) is 21.9 Å². The Balaban J connectivity index is 1.81. The fraction of sp³-hybridized carbons (Fsp3) is 0.462. The Labute approximate surface area is 122 Å². The monoisotopic (exact) mass is 315 g/mol. The summed E-state index contributed by atoms with van der Waals surface area (Å²) < 4.78 is 27.3. The topological polar surface area (TPSA) is 83.5 Å². The molecule has 2 N–H and O–H groups in total. The van der Waals surface area contributed by atoms with Crippen LogP contribution in [0.1, 0.15) is 18.4 Å². The molecule has 2 saturated carbocycles. The van der Waals surface area contributed by atoms with E-state index in [4.69, 9.17) is 16.7 Å². The minimum Gasteiger partial charge on any atom is -0.481 e. The van der Waals surface area contributed by atoms with Gasteiger partial charge in [0.1, 0.15) is 4.90 Å². The number of halogens is 1. The molecule has 0 aromatic heterocycles. The molecular weight excluding hydrogens is 302 g/mol. The summed E-state index contributed by atoms with van der Waals surface area (Å²) in [5.74, 6) is -0.913. The van der Waals surface area contributed by atoms with Gasteiger partial charge in [0, 0.05) is 6.04 Å². The van der Waals surface area contributed by atoms with E-state index in [1.807, 2.05) is 0 Å². The van der Waals surface area contributed by atoms with Crippen molar-refractivity contribution in [2.45, 2.75) is 30.7 Å². The fourth-order valence-corrected chi connectivity index (χ4v) is 5.25. The van der Waals surface area contributed by atoms with Crippen molar-refractivity contribution in [3.05, 3.63) is 28.8 Å². The van der Waals surface area contributed by atoms with Crippen LogP contribution in [0.2, 0.25) is 5.02 Å². The first-order valence-electron chi connectivity index (χ1n) is 6.29. The molecule has 1 aromatic carbocycles. The lowest BCUT2D eigenvalue weighted by molar-refractivity contribution is -0.147. The van der Waals surface area contributed by atoms with Gasteiger partial charge >= 0.3 is 5.97 Å². The molecular formula is C13H14ClNO4S. The van der Waals surface area contributed by atoms with Crippen LogP contribution < -0.4 is 4.72 Å². The normalized spacial score (nSPS) is 31.3. The smallest absolute Gasteiger partial charge is 0.310 e. The SMILES string of the molecule is Cc1cccc(Cl)c1S(=O)(=O)N[C@@H]1C[C@]2(C(=O)O)C[C@H]12. The number of nitrogens with one attached hydrogen (secondary N) is 1. The number of benzene rings is 1. The van der Waals surface area contributed by atoms with Crippen molar-refractivity contribution >= 4 is 27.6 Å². The van der Waals surface area contributed by atoms with Gasteiger partial charge in [-0.15, -0.1) is 0 Å². The zero-order valence-electron chi connectivity index (χ0n) is 10.8. The number of sulfonamides is 1. The minimum atomic E-state index is -3.72. The number of carbonyl (C=O) groups is 1. The summed E-state index contributed by atoms with van der Waals surface area (Å²) in [6.45, 7) is 1.68. The third-order valence-corrected chi connectivity index (χ3v) is 6.49. The second-order valence-corrected chi connectivity index (χ2v) is 7.65. The van der Waals surface area contributed by atoms with Crippen LogP contribution in [0.25, 0.3) is 0 Å². The maximum Gasteiger partial charge on any atom is 0.310 e. The molecule has 0 radical (unpaired) electrons. The molecule has 2 aliphatic carbocycles. The first kappa shape index (κ1) is 13.9. The van der Waals surface area contributed by atoms with Crippen LogP contribution in [0.4, 0.5) is 0 Å². The highest BCUT2D eigenvalue weighted by Gasteiger charge is 2.72. The van der Waals surface area contributed by atoms with Crippen LogP contribution in [0, 0.1) is 18.3 Å². The number of aryl methyl sites for hydroxylation is 1. The number of carboxylic acids is 1. The summed E-state index contributed by atoms with van der Waals surface area (Å²) in [5, 5.41) is 9.24. The fourth-order valence-electron chi connectivity index (χ4n) is 3.14. The van der Waals surface area contributed by atoms with Gasteiger partial charge in [-0.2, -0.15) is 0 Å². The number of aliphatic carboxylic acids is 1. The zero-order chi connectivity index (χ0) is 14.7. The van der Waals surface area contributed by atoms with Crippen LogP contribution in [0.5, 0.6) is 0 Å². The van der Waals surface area contributed by atoms with E-state index in [9.17, 15) is 13.2 Å². The lowest BCUT2D eigenvalue weighted by atomic mass is 9.81. The van der Waals surface area contributed by atoms with E-state index in [0.717, 1.165) is 0 Å². The maximum absolute atomic E-state index is 12.4. The number of fused-ring (bicyclic) bond motifs is 1. The first-order chi connectivity index (χ1) is 9.28. The third kappa shape index (κ3) is 1.86. The van der Waals surface area contributed by atoms with Gasteiger partial charge in [-0.1, -0.05) is 23.7 Å². The summed E-state index contributed by atoms with van der Waals surface area (Å²) in [6, 6.07) is 4.60. The third-order valence-electron chi connectivity index (χ3n) is 4.37. The second kappa shape index (κ2) is 4.19. The predicted molar refractivity (Wildman–Crippen MR) is 73.1 cm³/mol. The minimum absolute atomic E-state index is 0.0788. The molecule has 1 aromatic rings. The van der Waals surface area contributed by atoms with Crippen LogP contribution >= 0.6 is 11.6 Å². The van der Waals surface area contributed by atoms with E-state index in [0.29, 0.717) is 18.4 Å². The summed E-state index contributed by atoms with van der Waals surface area (Å²) >= 11 is 5.97. The molecule has 0 saturated heterocycles. The predicted octanol–water partition coefficient (Wildman–Crippen LogP) is 1.79. The van der Waals surface area contributed by atoms with Gasteiger partial charge in [0.2, 0.25) is 10.0 Å². The molecule has 108 valence electrons. The van der Waals surface area contributed by atoms with Crippen molar-refractivity contribution in [3.63, 3.8) is 0 Å². The van der Waals surface area contributed by atoms with Gasteiger partial charge in [-0.3, -0.25) is 4.79 Å². The highest BCUT2D eigenvalue weighted by molar-refractivity contribution is 7.89. The summed E-state index contributed by atoms with van der Waals surface area (Å²) in [7, 11) is -3.72. The number of rotatable bonds is 4. The second-order valence-electron chi connectivity index (χ2n) is 5.59. The van der Waals surface area contributed by atoms with Crippen molar-refractivity contribution in [2.24, 2.45) is 11.3 Å². The standard InChI is InChI=1S/C13H14ClNO4S/c1-7-3-2-4-9(14)11(7)20(18,19)15-10-6-13(12(16)17)5-8(10)13/h2-4,8,10,15H,5-6H2,1H3,(H,16,17)/t8-,10-,13-/m1/s1. The first-order valence-corrected chi connectivity index (χ1v) is 8.15. The number of carboxylic acid groups (broad SMARTS) is 1. The molecule has 5 nitrogen and oxygen atoms in total. The maximum atomic E-state index is 12.4. The van der Waals surface area contributed by atoms with E-state index >= 15 is 0 Å². The Morgan fingerprint density at radius 1 is 1.45 bits per heavy atom. The number of hydrogen-bond donors (Lipinski definition) is 2. The van der Waals surface area contributed by atoms with E-state index in [1.165, 1.54) is 6.07 Å². The molecule has 3 atom stereocenters. The van der Waals surface area contributed by atoms with Crippen molar-refractivity contribution in [1.29, 1.82) is 0 Å². The highest BCUT2D eigenvalue weighted by atomic mass is 35.5. The largest absolute Gasteiger partial charge is 0.481 e. The Hall–Kier alpha value is -1.11. The van der Waals surface area contributed by atoms with E-state index in [2.05, 4.69) is 4.72 Å². The van der Waals surface area contributed by atoms with Crippen LogP contribution in [0.15, 0.2) is 23.1 Å². The zero-order valence-corrected chi connectivity index (χ0v) is 12.3. The van der Waals surface area contributed by atoms with E-state index < -0.39 is 21.4 Å². The Morgan fingerprint density at radius 3 is 2.65 bits per heavy atom. The number of hydrogen-bond acceptors (Lipinski definition) is 3. The Kier molecular flexibility index (Phi) is 2.90. The van der Waals surface area contributed by atoms with Crippen molar-refractivity contribution in [3.8, 4) is 0 Å². The Morgan fingerprint density at radius 2 is 2.15 bits per heavy atom. The highest BCUT2D eigenvalue weighted by Crippen LogP contribution is 2.67. The molecule has 0 bridgehead atoms. The van der Waals surface area contributed by atoms with Gasteiger partial charge in [-0.25, -0.2) is 13.1 Å². The Bertz CT molecular complexity index is 682. The van der Waals surface area contributed by atoms with Crippen molar-refractivity contribution in [2.75, 3.05) is 0 Å². The van der Waals surface area contributed by atoms with Gasteiger partial charge in [-0.05, 0) is 37.3 Å². The van der Waals surface area contributed by atoms with Gasteiger partial charge < -0.3 is 5.11 Å².